The van der Waals surface area contributed by atoms with E-state index >= 15 is 0 Å². The molecule has 0 radical (unpaired) electrons. The fourth-order valence-electron chi connectivity index (χ4n) is 4.10. The molecule has 0 spiro atoms. The Morgan fingerprint density at radius 3 is 2.50 bits per heavy atom. The van der Waals surface area contributed by atoms with Gasteiger partial charge in [0.1, 0.15) is 26.5 Å². The van der Waals surface area contributed by atoms with Gasteiger partial charge in [-0.25, -0.2) is 12.8 Å². The quantitative estimate of drug-likeness (QED) is 0.726. The van der Waals surface area contributed by atoms with Crippen molar-refractivity contribution in [1.29, 1.82) is 0 Å². The zero-order valence-corrected chi connectivity index (χ0v) is 17.4. The second-order valence-corrected chi connectivity index (χ2v) is 10.4. The first-order valence-electron chi connectivity index (χ1n) is 9.66. The fraction of sp³-hybridized carbons (Fsp3) is 0.579. The van der Waals surface area contributed by atoms with Crippen molar-refractivity contribution >= 4 is 21.4 Å². The molecule has 2 aromatic rings. The van der Waals surface area contributed by atoms with Gasteiger partial charge in [-0.1, -0.05) is 12.8 Å². The summed E-state index contributed by atoms with van der Waals surface area (Å²) in [7, 11) is -2.47. The monoisotopic (exact) mass is 425 g/mol. The maximum absolute atomic E-state index is 13.7. The van der Waals surface area contributed by atoms with Gasteiger partial charge in [-0.05, 0) is 43.9 Å². The van der Waals surface area contributed by atoms with E-state index in [0.29, 0.717) is 19.0 Å². The van der Waals surface area contributed by atoms with Crippen LogP contribution in [0.3, 0.4) is 0 Å². The number of ether oxygens (including phenoxy) is 1. The zero-order valence-electron chi connectivity index (χ0n) is 15.8. The highest BCUT2D eigenvalue weighted by Gasteiger charge is 2.34. The van der Waals surface area contributed by atoms with E-state index < -0.39 is 15.8 Å². The molecule has 1 aromatic heterocycles. The zero-order chi connectivity index (χ0) is 19.7. The molecule has 2 fully saturated rings. The van der Waals surface area contributed by atoms with Crippen molar-refractivity contribution in [3.8, 4) is 5.75 Å². The highest BCUT2D eigenvalue weighted by Crippen LogP contribution is 2.39. The Morgan fingerprint density at radius 2 is 1.79 bits per heavy atom. The van der Waals surface area contributed by atoms with Gasteiger partial charge < -0.3 is 4.74 Å². The molecule has 2 heterocycles. The lowest BCUT2D eigenvalue weighted by atomic mass is 10.0. The van der Waals surface area contributed by atoms with Crippen LogP contribution in [-0.4, -0.2) is 43.1 Å². The Hall–Kier alpha value is -1.58. The Morgan fingerprint density at radius 1 is 1.11 bits per heavy atom. The lowest BCUT2D eigenvalue weighted by Gasteiger charge is -2.31. The van der Waals surface area contributed by atoms with Crippen molar-refractivity contribution in [2.45, 2.75) is 55.3 Å². The molecule has 1 saturated carbocycles. The number of hydrogen-bond acceptors (Lipinski definition) is 6. The second kappa shape index (κ2) is 8.04. The highest BCUT2D eigenvalue weighted by molar-refractivity contribution is 7.89. The summed E-state index contributed by atoms with van der Waals surface area (Å²) >= 11 is 1.63. The summed E-state index contributed by atoms with van der Waals surface area (Å²) in [4.78, 5) is -0.125. The van der Waals surface area contributed by atoms with E-state index in [0.717, 1.165) is 28.9 Å². The fourth-order valence-corrected chi connectivity index (χ4v) is 6.93. The van der Waals surface area contributed by atoms with Gasteiger partial charge in [0, 0.05) is 24.9 Å². The smallest absolute Gasteiger partial charge is 0.246 e. The van der Waals surface area contributed by atoms with E-state index in [4.69, 9.17) is 4.74 Å². The molecule has 1 aromatic carbocycles. The third-order valence-electron chi connectivity index (χ3n) is 5.64. The molecular weight excluding hydrogens is 401 g/mol. The first kappa shape index (κ1) is 19.7. The summed E-state index contributed by atoms with van der Waals surface area (Å²) in [5.41, 5.74) is 0. The molecule has 6 nitrogen and oxygen atoms in total. The molecular formula is C19H24FN3O3S2. The van der Waals surface area contributed by atoms with Crippen LogP contribution in [-0.2, 0) is 10.0 Å². The average Bonchev–Trinajstić information content (AvgIpc) is 3.40. The van der Waals surface area contributed by atoms with Gasteiger partial charge in [0.2, 0.25) is 10.0 Å². The van der Waals surface area contributed by atoms with E-state index in [1.54, 1.807) is 11.3 Å². The highest BCUT2D eigenvalue weighted by atomic mass is 32.2. The van der Waals surface area contributed by atoms with E-state index in [9.17, 15) is 12.8 Å². The summed E-state index contributed by atoms with van der Waals surface area (Å²) in [6.45, 7) is 0.744. The van der Waals surface area contributed by atoms with Crippen molar-refractivity contribution in [1.82, 2.24) is 14.5 Å². The number of benzene rings is 1. The minimum Gasteiger partial charge on any atom is -0.495 e. The topological polar surface area (TPSA) is 72.4 Å². The molecule has 1 atom stereocenters. The van der Waals surface area contributed by atoms with Crippen molar-refractivity contribution in [2.24, 2.45) is 0 Å². The number of piperidine rings is 1. The molecule has 0 N–H and O–H groups in total. The van der Waals surface area contributed by atoms with Gasteiger partial charge in [0.25, 0.3) is 0 Å². The van der Waals surface area contributed by atoms with Crippen LogP contribution in [0.2, 0.25) is 0 Å². The number of halogens is 1. The van der Waals surface area contributed by atoms with Crippen LogP contribution < -0.4 is 4.74 Å². The van der Waals surface area contributed by atoms with Crippen molar-refractivity contribution in [3.63, 3.8) is 0 Å². The average molecular weight is 426 g/mol. The number of hydrogen-bond donors (Lipinski definition) is 0. The Bertz CT molecular complexity index is 942. The molecule has 28 heavy (non-hydrogen) atoms. The molecule has 4 rings (SSSR count). The van der Waals surface area contributed by atoms with Crippen LogP contribution in [0, 0.1) is 5.82 Å². The van der Waals surface area contributed by atoms with Crippen LogP contribution in [0.1, 0.15) is 60.4 Å². The third kappa shape index (κ3) is 3.79. The summed E-state index contributed by atoms with van der Waals surface area (Å²) in [6.07, 6.45) is 6.43. The van der Waals surface area contributed by atoms with Gasteiger partial charge in [-0.2, -0.15) is 4.31 Å². The molecule has 1 saturated heterocycles. The van der Waals surface area contributed by atoms with Gasteiger partial charge in [-0.15, -0.1) is 21.5 Å². The van der Waals surface area contributed by atoms with Gasteiger partial charge >= 0.3 is 0 Å². The molecule has 2 aliphatic rings. The molecule has 1 aliphatic carbocycles. The van der Waals surface area contributed by atoms with Crippen LogP contribution in [0.4, 0.5) is 4.39 Å². The molecule has 1 unspecified atom stereocenters. The van der Waals surface area contributed by atoms with Crippen LogP contribution >= 0.6 is 11.3 Å². The van der Waals surface area contributed by atoms with E-state index in [-0.39, 0.29) is 16.6 Å². The standard InChI is InChI=1S/C19H24FN3O3S2/c1-26-16-9-8-15(20)11-17(16)28(24,25)23-10-4-7-14(12-23)19-22-21-18(27-19)13-5-2-3-6-13/h8-9,11,13-14H,2-7,10,12H2,1H3. The maximum Gasteiger partial charge on any atom is 0.246 e. The Kier molecular flexibility index (Phi) is 5.66. The van der Waals surface area contributed by atoms with Gasteiger partial charge in [0.05, 0.1) is 7.11 Å². The first-order valence-corrected chi connectivity index (χ1v) is 11.9. The molecule has 0 amide bonds. The van der Waals surface area contributed by atoms with Crippen LogP contribution in [0.25, 0.3) is 0 Å². The van der Waals surface area contributed by atoms with Crippen LogP contribution in [0.15, 0.2) is 23.1 Å². The predicted molar refractivity (Wildman–Crippen MR) is 105 cm³/mol. The summed E-state index contributed by atoms with van der Waals surface area (Å²) in [6, 6.07) is 3.58. The predicted octanol–water partition coefficient (Wildman–Crippen LogP) is 3.91. The molecule has 0 bridgehead atoms. The number of methoxy groups -OCH3 is 1. The van der Waals surface area contributed by atoms with E-state index in [1.165, 1.54) is 49.2 Å². The number of nitrogens with zero attached hydrogens (tertiary/aromatic N) is 3. The molecule has 9 heteroatoms. The third-order valence-corrected chi connectivity index (χ3v) is 8.77. The normalized spacial score (nSPS) is 21.9. The summed E-state index contributed by atoms with van der Waals surface area (Å²) in [5.74, 6) is 0.0863. The number of sulfonamides is 1. The minimum absolute atomic E-state index is 0.0238. The lowest BCUT2D eigenvalue weighted by molar-refractivity contribution is 0.312. The number of rotatable bonds is 5. The summed E-state index contributed by atoms with van der Waals surface area (Å²) < 4.78 is 46.6. The van der Waals surface area contributed by atoms with Crippen molar-refractivity contribution in [3.05, 3.63) is 34.0 Å². The maximum atomic E-state index is 13.7. The Labute approximate surface area is 168 Å². The van der Waals surface area contributed by atoms with Crippen molar-refractivity contribution in [2.75, 3.05) is 20.2 Å². The lowest BCUT2D eigenvalue weighted by Crippen LogP contribution is -2.39. The molecule has 1 aliphatic heterocycles. The second-order valence-electron chi connectivity index (χ2n) is 7.46. The summed E-state index contributed by atoms with van der Waals surface area (Å²) in [5, 5.41) is 10.8. The minimum atomic E-state index is -3.85. The van der Waals surface area contributed by atoms with Gasteiger partial charge in [0.15, 0.2) is 0 Å². The Balaban J connectivity index is 1.56. The first-order chi connectivity index (χ1) is 13.5. The van der Waals surface area contributed by atoms with E-state index in [1.807, 2.05) is 0 Å². The van der Waals surface area contributed by atoms with Crippen molar-refractivity contribution < 1.29 is 17.5 Å². The van der Waals surface area contributed by atoms with Crippen LogP contribution in [0.5, 0.6) is 5.75 Å². The largest absolute Gasteiger partial charge is 0.495 e. The van der Waals surface area contributed by atoms with Gasteiger partial charge in [-0.3, -0.25) is 0 Å². The van der Waals surface area contributed by atoms with E-state index in [2.05, 4.69) is 10.2 Å². The molecule has 152 valence electrons. The number of aromatic nitrogens is 2. The SMILES string of the molecule is COc1ccc(F)cc1S(=O)(=O)N1CCCC(c2nnc(C3CCCC3)s2)C1.